The van der Waals surface area contributed by atoms with E-state index in [1.165, 1.54) is 0 Å². The summed E-state index contributed by atoms with van der Waals surface area (Å²) in [6.07, 6.45) is 9.10. The van der Waals surface area contributed by atoms with E-state index in [1.807, 2.05) is 29.3 Å². The second kappa shape index (κ2) is 11.5. The van der Waals surface area contributed by atoms with Crippen LogP contribution >= 0.6 is 11.8 Å². The number of pyridine rings is 1. The zero-order valence-corrected chi connectivity index (χ0v) is 19.5. The number of amides is 1. The Morgan fingerprint density at radius 2 is 2.12 bits per heavy atom. The first-order chi connectivity index (χ1) is 15.7. The molecule has 4 heterocycles. The molecule has 8 heteroatoms. The minimum atomic E-state index is 0.0344. The van der Waals surface area contributed by atoms with Gasteiger partial charge in [-0.05, 0) is 43.5 Å². The maximum atomic E-state index is 12.8. The topological polar surface area (TPSA) is 71.5 Å². The lowest BCUT2D eigenvalue weighted by atomic mass is 9.92. The smallest absolute Gasteiger partial charge is 0.246 e. The monoisotopic (exact) mass is 453 g/mol. The highest BCUT2D eigenvalue weighted by Crippen LogP contribution is 2.29. The number of piperidine rings is 1. The number of ether oxygens (including phenoxy) is 1. The van der Waals surface area contributed by atoms with Crippen molar-refractivity contribution in [3.8, 4) is 0 Å². The Hall–Kier alpha value is -2.29. The van der Waals surface area contributed by atoms with Gasteiger partial charge in [0.15, 0.2) is 5.16 Å². The maximum Gasteiger partial charge on any atom is 0.246 e. The Bertz CT molecular complexity index is 918. The van der Waals surface area contributed by atoms with Gasteiger partial charge in [0.1, 0.15) is 0 Å². The van der Waals surface area contributed by atoms with Gasteiger partial charge in [0, 0.05) is 62.9 Å². The molecule has 170 valence electrons. The highest BCUT2D eigenvalue weighted by Gasteiger charge is 2.26. The summed E-state index contributed by atoms with van der Waals surface area (Å²) in [5, 5.41) is 0.831. The van der Waals surface area contributed by atoms with Crippen LogP contribution in [0.3, 0.4) is 0 Å². The molecule has 32 heavy (non-hydrogen) atoms. The lowest BCUT2D eigenvalue weighted by molar-refractivity contribution is -0.127. The third kappa shape index (κ3) is 6.37. The number of rotatable bonds is 7. The SMILES string of the molecule is Cc1cnc(SCCN2CCOCC2)nc1C1CCCN(C(=O)/C=C/c2ccccn2)C1. The van der Waals surface area contributed by atoms with Gasteiger partial charge in [-0.1, -0.05) is 17.8 Å². The number of carbonyl (C=O) groups excluding carboxylic acids is 1. The largest absolute Gasteiger partial charge is 0.379 e. The molecule has 0 aromatic carbocycles. The molecule has 2 aromatic heterocycles. The molecule has 1 amide bonds. The molecule has 2 aliphatic heterocycles. The number of nitrogens with zero attached hydrogens (tertiary/aromatic N) is 5. The van der Waals surface area contributed by atoms with Crippen molar-refractivity contribution in [3.63, 3.8) is 0 Å². The number of hydrogen-bond donors (Lipinski definition) is 0. The van der Waals surface area contributed by atoms with Gasteiger partial charge < -0.3 is 9.64 Å². The van der Waals surface area contributed by atoms with Crippen molar-refractivity contribution in [2.24, 2.45) is 0 Å². The van der Waals surface area contributed by atoms with E-state index in [1.54, 1.807) is 30.1 Å². The molecule has 0 N–H and O–H groups in total. The van der Waals surface area contributed by atoms with Crippen LogP contribution in [0.4, 0.5) is 0 Å². The Morgan fingerprint density at radius 3 is 2.94 bits per heavy atom. The van der Waals surface area contributed by atoms with Crippen molar-refractivity contribution < 1.29 is 9.53 Å². The summed E-state index contributed by atoms with van der Waals surface area (Å²) >= 11 is 1.71. The number of morpholine rings is 1. The molecule has 7 nitrogen and oxygen atoms in total. The molecule has 1 unspecified atom stereocenters. The maximum absolute atomic E-state index is 12.8. The summed E-state index contributed by atoms with van der Waals surface area (Å²) in [7, 11) is 0. The molecule has 0 radical (unpaired) electrons. The molecule has 0 saturated carbocycles. The summed E-state index contributed by atoms with van der Waals surface area (Å²) in [6.45, 7) is 8.22. The zero-order valence-electron chi connectivity index (χ0n) is 18.7. The van der Waals surface area contributed by atoms with Crippen LogP contribution in [-0.4, -0.2) is 82.3 Å². The number of aromatic nitrogens is 3. The van der Waals surface area contributed by atoms with Gasteiger partial charge in [0.05, 0.1) is 24.6 Å². The number of thioether (sulfide) groups is 1. The van der Waals surface area contributed by atoms with Crippen LogP contribution in [0.2, 0.25) is 0 Å². The van der Waals surface area contributed by atoms with Crippen LogP contribution in [0.25, 0.3) is 6.08 Å². The van der Waals surface area contributed by atoms with Crippen molar-refractivity contribution in [2.75, 3.05) is 51.7 Å². The molecule has 2 aromatic rings. The lowest BCUT2D eigenvalue weighted by Crippen LogP contribution is -2.38. The van der Waals surface area contributed by atoms with Crippen molar-refractivity contribution in [2.45, 2.75) is 30.8 Å². The van der Waals surface area contributed by atoms with Crippen LogP contribution in [0.1, 0.15) is 35.7 Å². The van der Waals surface area contributed by atoms with Crippen LogP contribution in [0.15, 0.2) is 41.8 Å². The third-order valence-corrected chi connectivity index (χ3v) is 6.78. The van der Waals surface area contributed by atoms with Crippen LogP contribution < -0.4 is 0 Å². The van der Waals surface area contributed by atoms with Gasteiger partial charge in [0.2, 0.25) is 5.91 Å². The third-order valence-electron chi connectivity index (χ3n) is 5.94. The van der Waals surface area contributed by atoms with Crippen molar-refractivity contribution in [3.05, 3.63) is 53.6 Å². The fraction of sp³-hybridized carbons (Fsp3) is 0.500. The fourth-order valence-electron chi connectivity index (χ4n) is 4.15. The Labute approximate surface area is 194 Å². The first-order valence-corrected chi connectivity index (χ1v) is 12.3. The average Bonchev–Trinajstić information content (AvgIpc) is 2.85. The Morgan fingerprint density at radius 1 is 1.25 bits per heavy atom. The first-order valence-electron chi connectivity index (χ1n) is 11.3. The van der Waals surface area contributed by atoms with Crippen LogP contribution in [-0.2, 0) is 9.53 Å². The van der Waals surface area contributed by atoms with Crippen molar-refractivity contribution in [1.29, 1.82) is 0 Å². The molecule has 0 bridgehead atoms. The zero-order chi connectivity index (χ0) is 22.2. The molecule has 0 spiro atoms. The number of hydrogen-bond acceptors (Lipinski definition) is 7. The second-order valence-corrected chi connectivity index (χ2v) is 9.30. The predicted octanol–water partition coefficient (Wildman–Crippen LogP) is 3.02. The predicted molar refractivity (Wildman–Crippen MR) is 127 cm³/mol. The molecule has 0 aliphatic carbocycles. The van der Waals surface area contributed by atoms with Crippen molar-refractivity contribution in [1.82, 2.24) is 24.8 Å². The van der Waals surface area contributed by atoms with Crippen LogP contribution in [0, 0.1) is 6.92 Å². The summed E-state index contributed by atoms with van der Waals surface area (Å²) in [4.78, 5) is 30.8. The van der Waals surface area contributed by atoms with E-state index in [2.05, 4.69) is 21.8 Å². The van der Waals surface area contributed by atoms with E-state index in [9.17, 15) is 4.79 Å². The van der Waals surface area contributed by atoms with Gasteiger partial charge in [-0.25, -0.2) is 9.97 Å². The van der Waals surface area contributed by atoms with Gasteiger partial charge in [-0.3, -0.25) is 14.7 Å². The lowest BCUT2D eigenvalue weighted by Gasteiger charge is -2.32. The standard InChI is InChI=1S/C24H31N5O2S/c1-19-17-26-24(32-16-13-28-11-14-31-15-12-28)27-23(19)20-5-4-10-29(18-20)22(30)8-7-21-6-2-3-9-25-21/h2-3,6-9,17,20H,4-5,10-16,18H2,1H3/b8-7+. The quantitative estimate of drug-likeness (QED) is 0.362. The molecule has 1 atom stereocenters. The normalized spacial score (nSPS) is 20.0. The van der Waals surface area contributed by atoms with Crippen LogP contribution in [0.5, 0.6) is 0 Å². The summed E-state index contributed by atoms with van der Waals surface area (Å²) in [6, 6.07) is 5.68. The minimum Gasteiger partial charge on any atom is -0.379 e. The number of carbonyl (C=O) groups is 1. The molecular formula is C24H31N5O2S. The van der Waals surface area contributed by atoms with Gasteiger partial charge in [0.25, 0.3) is 0 Å². The highest BCUT2D eigenvalue weighted by atomic mass is 32.2. The highest BCUT2D eigenvalue weighted by molar-refractivity contribution is 7.99. The molecule has 2 fully saturated rings. The van der Waals surface area contributed by atoms with E-state index in [-0.39, 0.29) is 11.8 Å². The van der Waals surface area contributed by atoms with Gasteiger partial charge in [-0.2, -0.15) is 0 Å². The van der Waals surface area contributed by atoms with E-state index < -0.39 is 0 Å². The van der Waals surface area contributed by atoms with E-state index in [0.717, 1.165) is 80.1 Å². The van der Waals surface area contributed by atoms with E-state index >= 15 is 0 Å². The first kappa shape index (κ1) is 22.9. The Kier molecular flexibility index (Phi) is 8.25. The molecule has 2 saturated heterocycles. The van der Waals surface area contributed by atoms with E-state index in [0.29, 0.717) is 6.54 Å². The summed E-state index contributed by atoms with van der Waals surface area (Å²) < 4.78 is 5.42. The second-order valence-electron chi connectivity index (χ2n) is 8.23. The van der Waals surface area contributed by atoms with Crippen molar-refractivity contribution >= 4 is 23.7 Å². The minimum absolute atomic E-state index is 0.0344. The fourth-order valence-corrected chi connectivity index (χ4v) is 4.97. The van der Waals surface area contributed by atoms with Gasteiger partial charge in [-0.15, -0.1) is 0 Å². The summed E-state index contributed by atoms with van der Waals surface area (Å²) in [5.74, 6) is 1.25. The van der Waals surface area contributed by atoms with Gasteiger partial charge >= 0.3 is 0 Å². The van der Waals surface area contributed by atoms with E-state index in [4.69, 9.17) is 9.72 Å². The molecular weight excluding hydrogens is 422 g/mol. The average molecular weight is 454 g/mol. The molecule has 4 rings (SSSR count). The number of likely N-dealkylation sites (tertiary alicyclic amines) is 1. The number of aryl methyl sites for hydroxylation is 1. The molecule has 2 aliphatic rings. The summed E-state index contributed by atoms with van der Waals surface area (Å²) in [5.41, 5.74) is 2.98. The Balaban J connectivity index is 1.35.